The number of aliphatic hydroxyl groups excluding tert-OH is 1. The molecule has 2 N–H and O–H groups in total. The Morgan fingerprint density at radius 3 is 2.03 bits per heavy atom. The number of nitrogens with zero attached hydrogens (tertiary/aromatic N) is 1. The fourth-order valence-electron chi connectivity index (χ4n) is 4.22. The highest BCUT2D eigenvalue weighted by Crippen LogP contribution is 2.39. The van der Waals surface area contributed by atoms with Crippen LogP contribution in [0.4, 0.5) is 13.2 Å². The number of hydrogen-bond acceptors (Lipinski definition) is 3. The van der Waals surface area contributed by atoms with Crippen LogP contribution in [-0.4, -0.2) is 40.0 Å². The third-order valence-electron chi connectivity index (χ3n) is 6.34. The van der Waals surface area contributed by atoms with Crippen molar-refractivity contribution < 1.29 is 23.4 Å². The van der Waals surface area contributed by atoms with Gasteiger partial charge in [0.05, 0.1) is 5.56 Å². The van der Waals surface area contributed by atoms with Gasteiger partial charge in [-0.2, -0.15) is 13.2 Å². The molecule has 2 aromatic rings. The fraction of sp³-hybridized carbons (Fsp3) is 0.500. The Balaban J connectivity index is 1.90. The number of rotatable bonds is 5. The molecule has 1 aliphatic heterocycles. The monoisotopic (exact) mass is 421 g/mol. The van der Waals surface area contributed by atoms with Gasteiger partial charge in [-0.25, -0.2) is 0 Å². The highest BCUT2D eigenvalue weighted by atomic mass is 19.4. The van der Waals surface area contributed by atoms with Crippen LogP contribution in [0.25, 0.3) is 11.1 Å². The van der Waals surface area contributed by atoms with Crippen LogP contribution in [0.5, 0.6) is 0 Å². The molecular weight excluding hydrogens is 391 g/mol. The van der Waals surface area contributed by atoms with E-state index < -0.39 is 29.5 Å². The maximum absolute atomic E-state index is 12.9. The van der Waals surface area contributed by atoms with E-state index in [2.05, 4.69) is 0 Å². The van der Waals surface area contributed by atoms with Crippen molar-refractivity contribution in [2.45, 2.75) is 63.5 Å². The predicted molar refractivity (Wildman–Crippen MR) is 112 cm³/mol. The van der Waals surface area contributed by atoms with Gasteiger partial charge < -0.3 is 10.2 Å². The van der Waals surface area contributed by atoms with E-state index in [0.717, 1.165) is 62.0 Å². The molecule has 30 heavy (non-hydrogen) atoms. The van der Waals surface area contributed by atoms with Crippen molar-refractivity contribution in [1.82, 2.24) is 4.90 Å². The van der Waals surface area contributed by atoms with Crippen LogP contribution in [0.1, 0.15) is 56.6 Å². The second-order valence-corrected chi connectivity index (χ2v) is 8.43. The number of hydrogen-bond donors (Lipinski definition) is 2. The van der Waals surface area contributed by atoms with E-state index in [9.17, 15) is 23.4 Å². The lowest BCUT2D eigenvalue weighted by atomic mass is 9.79. The zero-order chi connectivity index (χ0) is 21.9. The molecule has 2 aromatic carbocycles. The first-order valence-electron chi connectivity index (χ1n) is 10.5. The molecule has 0 saturated carbocycles. The maximum Gasteiger partial charge on any atom is 0.416 e. The Hall–Kier alpha value is -1.89. The molecule has 1 heterocycles. The summed E-state index contributed by atoms with van der Waals surface area (Å²) in [5.41, 5.74) is 0.0656. The first-order chi connectivity index (χ1) is 14.1. The summed E-state index contributed by atoms with van der Waals surface area (Å²) in [7, 11) is 0. The van der Waals surface area contributed by atoms with E-state index in [0.29, 0.717) is 5.56 Å². The van der Waals surface area contributed by atoms with Crippen LogP contribution in [0.15, 0.2) is 48.5 Å². The second-order valence-electron chi connectivity index (χ2n) is 8.43. The predicted octanol–water partition coefficient (Wildman–Crippen LogP) is 5.42. The van der Waals surface area contributed by atoms with Crippen LogP contribution < -0.4 is 0 Å². The average Bonchev–Trinajstić information content (AvgIpc) is 3.01. The molecule has 0 spiro atoms. The Morgan fingerprint density at radius 1 is 0.900 bits per heavy atom. The van der Waals surface area contributed by atoms with Gasteiger partial charge in [0.1, 0.15) is 11.8 Å². The normalized spacial score (nSPS) is 20.2. The zero-order valence-electron chi connectivity index (χ0n) is 17.5. The second kappa shape index (κ2) is 9.08. The molecule has 1 aliphatic rings. The summed E-state index contributed by atoms with van der Waals surface area (Å²) in [6.45, 7) is 4.97. The van der Waals surface area contributed by atoms with Crippen LogP contribution in [0, 0.1) is 0 Å². The molecule has 0 bridgehead atoms. The molecule has 1 fully saturated rings. The number of alkyl halides is 3. The Labute approximate surface area is 176 Å². The first kappa shape index (κ1) is 22.8. The highest BCUT2D eigenvalue weighted by Gasteiger charge is 2.41. The summed E-state index contributed by atoms with van der Waals surface area (Å²) in [5.74, 6) is -0.436. The van der Waals surface area contributed by atoms with E-state index in [1.54, 1.807) is 6.92 Å². The van der Waals surface area contributed by atoms with Crippen molar-refractivity contribution in [1.29, 1.82) is 0 Å². The largest absolute Gasteiger partial charge is 0.416 e. The standard InChI is InChI=1S/C24H30F3NO2/c1-17(23(2,30)22(29)28-15-7-3-4-8-16-28)20-9-5-6-10-21(20)18-11-13-19(14-12-18)24(25,26)27/h5-6,9-14,17,22,29-30H,3-4,7-8,15-16H2,1-2H3. The fourth-order valence-corrected chi connectivity index (χ4v) is 4.22. The molecule has 3 nitrogen and oxygen atoms in total. The SMILES string of the molecule is CC(c1ccccc1-c1ccc(C(F)(F)F)cc1)C(C)(O)C(O)N1CCCCCC1. The van der Waals surface area contributed by atoms with Gasteiger partial charge in [0.25, 0.3) is 0 Å². The minimum absolute atomic E-state index is 0.436. The van der Waals surface area contributed by atoms with Gasteiger partial charge in [0.2, 0.25) is 0 Å². The topological polar surface area (TPSA) is 43.7 Å². The molecule has 6 heteroatoms. The van der Waals surface area contributed by atoms with Crippen LogP contribution >= 0.6 is 0 Å². The third kappa shape index (κ3) is 4.88. The number of halogens is 3. The third-order valence-corrected chi connectivity index (χ3v) is 6.34. The summed E-state index contributed by atoms with van der Waals surface area (Å²) < 4.78 is 38.7. The van der Waals surface area contributed by atoms with Gasteiger partial charge >= 0.3 is 6.18 Å². The summed E-state index contributed by atoms with van der Waals surface area (Å²) in [6.07, 6.45) is -1.18. The quantitative estimate of drug-likeness (QED) is 0.677. The molecule has 164 valence electrons. The molecule has 0 amide bonds. The number of aliphatic hydroxyl groups is 2. The van der Waals surface area contributed by atoms with E-state index in [-0.39, 0.29) is 0 Å². The van der Waals surface area contributed by atoms with Crippen molar-refractivity contribution in [3.05, 3.63) is 59.7 Å². The summed E-state index contributed by atoms with van der Waals surface area (Å²) >= 11 is 0. The lowest BCUT2D eigenvalue weighted by Gasteiger charge is -2.41. The van der Waals surface area contributed by atoms with E-state index >= 15 is 0 Å². The van der Waals surface area contributed by atoms with Crippen molar-refractivity contribution in [2.24, 2.45) is 0 Å². The zero-order valence-corrected chi connectivity index (χ0v) is 17.5. The van der Waals surface area contributed by atoms with Gasteiger partial charge in [-0.1, -0.05) is 56.2 Å². The van der Waals surface area contributed by atoms with E-state index in [1.165, 1.54) is 12.1 Å². The lowest BCUT2D eigenvalue weighted by molar-refractivity contribution is -0.149. The first-order valence-corrected chi connectivity index (χ1v) is 10.5. The number of likely N-dealkylation sites (tertiary alicyclic amines) is 1. The Morgan fingerprint density at radius 2 is 1.47 bits per heavy atom. The molecule has 3 atom stereocenters. The van der Waals surface area contributed by atoms with E-state index in [4.69, 9.17) is 0 Å². The van der Waals surface area contributed by atoms with Crippen LogP contribution in [-0.2, 0) is 6.18 Å². The van der Waals surface area contributed by atoms with Gasteiger partial charge in [-0.15, -0.1) is 0 Å². The van der Waals surface area contributed by atoms with E-state index in [1.807, 2.05) is 36.1 Å². The molecule has 3 unspecified atom stereocenters. The van der Waals surface area contributed by atoms with Crippen LogP contribution in [0.2, 0.25) is 0 Å². The maximum atomic E-state index is 12.9. The number of benzene rings is 2. The van der Waals surface area contributed by atoms with Gasteiger partial charge in [-0.05, 0) is 48.6 Å². The molecule has 0 aliphatic carbocycles. The summed E-state index contributed by atoms with van der Waals surface area (Å²) in [5, 5.41) is 22.3. The summed E-state index contributed by atoms with van der Waals surface area (Å²) in [4.78, 5) is 1.93. The van der Waals surface area contributed by atoms with Crippen molar-refractivity contribution in [2.75, 3.05) is 13.1 Å². The summed E-state index contributed by atoms with van der Waals surface area (Å²) in [6, 6.07) is 12.4. The Bertz CT molecular complexity index is 825. The van der Waals surface area contributed by atoms with Gasteiger partial charge in [0, 0.05) is 19.0 Å². The minimum Gasteiger partial charge on any atom is -0.385 e. The molecule has 3 rings (SSSR count). The van der Waals surface area contributed by atoms with Crippen LogP contribution in [0.3, 0.4) is 0 Å². The highest BCUT2D eigenvalue weighted by molar-refractivity contribution is 5.68. The molecule has 0 radical (unpaired) electrons. The van der Waals surface area contributed by atoms with Gasteiger partial charge in [0.15, 0.2) is 0 Å². The smallest absolute Gasteiger partial charge is 0.385 e. The molecule has 0 aromatic heterocycles. The molecule has 1 saturated heterocycles. The van der Waals surface area contributed by atoms with Crippen molar-refractivity contribution in [3.8, 4) is 11.1 Å². The average molecular weight is 422 g/mol. The minimum atomic E-state index is -4.38. The lowest BCUT2D eigenvalue weighted by Crippen LogP contribution is -2.54. The Kier molecular flexibility index (Phi) is 6.90. The van der Waals surface area contributed by atoms with Gasteiger partial charge in [-0.3, -0.25) is 4.90 Å². The van der Waals surface area contributed by atoms with Crippen molar-refractivity contribution in [3.63, 3.8) is 0 Å². The van der Waals surface area contributed by atoms with Crippen molar-refractivity contribution >= 4 is 0 Å². The molecular formula is C24H30F3NO2.